The summed E-state index contributed by atoms with van der Waals surface area (Å²) in [5.41, 5.74) is 11.1. The molecule has 6 heteroatoms. The summed E-state index contributed by atoms with van der Waals surface area (Å²) < 4.78 is 10.0. The molecule has 13 heavy (non-hydrogen) atoms. The molecule has 4 nitrogen and oxygen atoms in total. The first-order valence-electron chi connectivity index (χ1n) is 4.06. The van der Waals surface area contributed by atoms with E-state index in [1.165, 1.54) is 0 Å². The Labute approximate surface area is 88.4 Å². The fourth-order valence-corrected chi connectivity index (χ4v) is 1.59. The van der Waals surface area contributed by atoms with Crippen LogP contribution >= 0.6 is 23.2 Å². The van der Waals surface area contributed by atoms with Gasteiger partial charge in [0.25, 0.3) is 0 Å². The summed E-state index contributed by atoms with van der Waals surface area (Å²) in [6.07, 6.45) is 0.00475. The molecule has 0 aliphatic heterocycles. The number of nitrogens with two attached hydrogens (primary N) is 2. The zero-order valence-corrected chi connectivity index (χ0v) is 9.36. The van der Waals surface area contributed by atoms with Gasteiger partial charge in [-0.15, -0.1) is 0 Å². The first-order valence-corrected chi connectivity index (χ1v) is 4.82. The predicted molar refractivity (Wildman–Crippen MR) is 53.4 cm³/mol. The van der Waals surface area contributed by atoms with Crippen molar-refractivity contribution >= 4 is 23.2 Å². The molecule has 4 N–H and O–H groups in total. The highest BCUT2D eigenvalue weighted by molar-refractivity contribution is 6.25. The van der Waals surface area contributed by atoms with E-state index in [-0.39, 0.29) is 6.42 Å². The molecule has 0 amide bonds. The predicted octanol–water partition coefficient (Wildman–Crippen LogP) is 1.15. The van der Waals surface area contributed by atoms with E-state index >= 15 is 0 Å². The quantitative estimate of drug-likeness (QED) is 0.408. The first-order chi connectivity index (χ1) is 5.83. The van der Waals surface area contributed by atoms with Crippen LogP contribution in [0.5, 0.6) is 0 Å². The zero-order valence-electron chi connectivity index (χ0n) is 7.85. The molecular weight excluding hydrogens is 215 g/mol. The molecule has 0 bridgehead atoms. The minimum Gasteiger partial charge on any atom is -0.347 e. The SMILES string of the molecule is CCOC(N)(Cl)CC(N)(Cl)OCC. The Balaban J connectivity index is 4.07. The highest BCUT2D eigenvalue weighted by Crippen LogP contribution is 2.25. The van der Waals surface area contributed by atoms with Crippen molar-refractivity contribution in [2.75, 3.05) is 13.2 Å². The maximum atomic E-state index is 5.77. The maximum absolute atomic E-state index is 5.77. The molecule has 0 heterocycles. The molecule has 2 atom stereocenters. The van der Waals surface area contributed by atoms with Crippen LogP contribution in [0.25, 0.3) is 0 Å². The third kappa shape index (κ3) is 6.49. The summed E-state index contributed by atoms with van der Waals surface area (Å²) in [6.45, 7) is 4.33. The maximum Gasteiger partial charge on any atom is 0.199 e. The largest absolute Gasteiger partial charge is 0.347 e. The average Bonchev–Trinajstić information content (AvgIpc) is 1.82. The molecule has 0 saturated heterocycles. The fraction of sp³-hybridized carbons (Fsp3) is 1.00. The van der Waals surface area contributed by atoms with E-state index in [1.54, 1.807) is 13.8 Å². The van der Waals surface area contributed by atoms with Gasteiger partial charge in [0.1, 0.15) is 0 Å². The van der Waals surface area contributed by atoms with Crippen molar-refractivity contribution in [2.24, 2.45) is 11.5 Å². The van der Waals surface area contributed by atoms with Crippen molar-refractivity contribution in [3.63, 3.8) is 0 Å². The van der Waals surface area contributed by atoms with Crippen LogP contribution in [0, 0.1) is 0 Å². The van der Waals surface area contributed by atoms with E-state index in [0.717, 1.165) is 0 Å². The highest BCUT2D eigenvalue weighted by Gasteiger charge is 2.34. The number of hydrogen-bond donors (Lipinski definition) is 2. The third-order valence-electron chi connectivity index (χ3n) is 1.25. The lowest BCUT2D eigenvalue weighted by atomic mass is 10.3. The Hall–Kier alpha value is 0.420. The molecule has 0 aromatic carbocycles. The Morgan fingerprint density at radius 3 is 1.54 bits per heavy atom. The van der Waals surface area contributed by atoms with Crippen molar-refractivity contribution < 1.29 is 9.47 Å². The Morgan fingerprint density at radius 1 is 1.00 bits per heavy atom. The lowest BCUT2D eigenvalue weighted by molar-refractivity contribution is -0.0466. The zero-order chi connectivity index (χ0) is 10.5. The summed E-state index contributed by atoms with van der Waals surface area (Å²) in [5, 5.41) is -2.75. The standard InChI is InChI=1S/C7H16Cl2N2O2/c1-3-12-6(8,10)5-7(9,11)13-4-2/h3-5,10-11H2,1-2H3. The van der Waals surface area contributed by atoms with E-state index in [9.17, 15) is 0 Å². The molecule has 0 saturated carbocycles. The lowest BCUT2D eigenvalue weighted by Gasteiger charge is -2.30. The molecular formula is C7H16Cl2N2O2. The van der Waals surface area contributed by atoms with Gasteiger partial charge in [-0.05, 0) is 13.8 Å². The van der Waals surface area contributed by atoms with Crippen LogP contribution in [0.3, 0.4) is 0 Å². The summed E-state index contributed by atoms with van der Waals surface area (Å²) in [7, 11) is 0. The monoisotopic (exact) mass is 230 g/mol. The smallest absolute Gasteiger partial charge is 0.199 e. The number of rotatable bonds is 6. The van der Waals surface area contributed by atoms with Gasteiger partial charge < -0.3 is 9.47 Å². The van der Waals surface area contributed by atoms with Crippen LogP contribution in [-0.4, -0.2) is 23.6 Å². The molecule has 80 valence electrons. The average molecular weight is 231 g/mol. The number of alkyl halides is 2. The number of hydrogen-bond acceptors (Lipinski definition) is 4. The van der Waals surface area contributed by atoms with Gasteiger partial charge in [0.15, 0.2) is 10.4 Å². The van der Waals surface area contributed by atoms with Gasteiger partial charge in [-0.25, -0.2) is 0 Å². The Bertz CT molecular complexity index is 137. The normalized spacial score (nSPS) is 20.8. The topological polar surface area (TPSA) is 70.5 Å². The van der Waals surface area contributed by atoms with Gasteiger partial charge in [0.2, 0.25) is 0 Å². The number of ether oxygens (including phenoxy) is 2. The first kappa shape index (κ1) is 13.4. The molecule has 0 aromatic heterocycles. The molecule has 2 unspecified atom stereocenters. The second-order valence-electron chi connectivity index (χ2n) is 2.62. The fourth-order valence-electron chi connectivity index (χ4n) is 0.911. The van der Waals surface area contributed by atoms with Gasteiger partial charge in [0, 0.05) is 13.2 Å². The van der Waals surface area contributed by atoms with Crippen LogP contribution in [-0.2, 0) is 9.47 Å². The highest BCUT2D eigenvalue weighted by atomic mass is 35.5. The van der Waals surface area contributed by atoms with Crippen LogP contribution in [0.2, 0.25) is 0 Å². The van der Waals surface area contributed by atoms with Crippen LogP contribution in [0.4, 0.5) is 0 Å². The van der Waals surface area contributed by atoms with Gasteiger partial charge >= 0.3 is 0 Å². The molecule has 0 aliphatic carbocycles. The van der Waals surface area contributed by atoms with Crippen LogP contribution < -0.4 is 11.5 Å². The third-order valence-corrected chi connectivity index (χ3v) is 1.74. The van der Waals surface area contributed by atoms with Gasteiger partial charge in [-0.3, -0.25) is 11.5 Å². The summed E-state index contributed by atoms with van der Waals surface area (Å²) in [4.78, 5) is 0. The van der Waals surface area contributed by atoms with Gasteiger partial charge in [-0.2, -0.15) is 0 Å². The second-order valence-corrected chi connectivity index (χ2v) is 3.89. The Kier molecular flexibility index (Phi) is 5.51. The van der Waals surface area contributed by atoms with E-state index in [2.05, 4.69) is 0 Å². The van der Waals surface area contributed by atoms with Crippen molar-refractivity contribution in [2.45, 2.75) is 30.6 Å². The summed E-state index contributed by atoms with van der Waals surface area (Å²) in [6, 6.07) is 0. The summed E-state index contributed by atoms with van der Waals surface area (Å²) in [5.74, 6) is 0. The lowest BCUT2D eigenvalue weighted by Crippen LogP contribution is -2.49. The van der Waals surface area contributed by atoms with Crippen LogP contribution in [0.1, 0.15) is 20.3 Å². The van der Waals surface area contributed by atoms with Crippen molar-refractivity contribution in [3.05, 3.63) is 0 Å². The summed E-state index contributed by atoms with van der Waals surface area (Å²) >= 11 is 11.5. The minimum atomic E-state index is -1.37. The molecule has 0 spiro atoms. The molecule has 0 fully saturated rings. The minimum absolute atomic E-state index is 0.00475. The van der Waals surface area contributed by atoms with Gasteiger partial charge in [0.05, 0.1) is 6.42 Å². The van der Waals surface area contributed by atoms with E-state index < -0.39 is 10.4 Å². The molecule has 0 aromatic rings. The second kappa shape index (κ2) is 5.34. The van der Waals surface area contributed by atoms with Crippen molar-refractivity contribution in [1.29, 1.82) is 0 Å². The molecule has 0 rings (SSSR count). The van der Waals surface area contributed by atoms with E-state index in [0.29, 0.717) is 13.2 Å². The van der Waals surface area contributed by atoms with E-state index in [4.69, 9.17) is 44.1 Å². The van der Waals surface area contributed by atoms with Crippen LogP contribution in [0.15, 0.2) is 0 Å². The van der Waals surface area contributed by atoms with Gasteiger partial charge in [-0.1, -0.05) is 23.2 Å². The van der Waals surface area contributed by atoms with Crippen molar-refractivity contribution in [3.8, 4) is 0 Å². The molecule has 0 radical (unpaired) electrons. The van der Waals surface area contributed by atoms with E-state index in [1.807, 2.05) is 0 Å². The molecule has 0 aliphatic rings. The van der Waals surface area contributed by atoms with Crippen molar-refractivity contribution in [1.82, 2.24) is 0 Å². The Morgan fingerprint density at radius 2 is 1.31 bits per heavy atom. The number of halogens is 2.